The van der Waals surface area contributed by atoms with Crippen molar-refractivity contribution in [3.8, 4) is 0 Å². The van der Waals surface area contributed by atoms with Gasteiger partial charge < -0.3 is 10.6 Å². The summed E-state index contributed by atoms with van der Waals surface area (Å²) in [6.45, 7) is 13.1. The zero-order valence-corrected chi connectivity index (χ0v) is 20.4. The highest BCUT2D eigenvalue weighted by atomic mass is 15.1. The fourth-order valence-electron chi connectivity index (χ4n) is 3.67. The zero-order valence-electron chi connectivity index (χ0n) is 20.4. The summed E-state index contributed by atoms with van der Waals surface area (Å²) in [5.74, 6) is 3.56. The van der Waals surface area contributed by atoms with Crippen LogP contribution in [-0.4, -0.2) is 33.7 Å². The Kier molecular flexibility index (Phi) is 7.64. The molecule has 0 unspecified atom stereocenters. The van der Waals surface area contributed by atoms with E-state index in [4.69, 9.17) is 9.98 Å². The largest absolute Gasteiger partial charge is 0.328 e. The number of hydrogen-bond acceptors (Lipinski definition) is 4. The molecule has 32 heavy (non-hydrogen) atoms. The van der Waals surface area contributed by atoms with Crippen LogP contribution < -0.4 is 10.6 Å². The Bertz CT molecular complexity index is 829. The van der Waals surface area contributed by atoms with Crippen molar-refractivity contribution in [3.63, 3.8) is 0 Å². The highest BCUT2D eigenvalue weighted by Gasteiger charge is 2.30. The molecule has 0 aromatic carbocycles. The first-order valence-corrected chi connectivity index (χ1v) is 11.7. The van der Waals surface area contributed by atoms with E-state index >= 15 is 0 Å². The molecule has 172 valence electrons. The molecule has 1 saturated carbocycles. The molecule has 2 atom stereocenters. The van der Waals surface area contributed by atoms with Crippen molar-refractivity contribution in [2.45, 2.75) is 79.3 Å². The maximum absolute atomic E-state index is 5.24. The molecule has 0 saturated heterocycles. The normalized spacial score (nSPS) is 20.7. The van der Waals surface area contributed by atoms with Gasteiger partial charge in [0.2, 0.25) is 0 Å². The molecular weight excluding hydrogens is 396 g/mol. The quantitative estimate of drug-likeness (QED) is 0.444. The predicted octanol–water partition coefficient (Wildman–Crippen LogP) is 6.20. The molecular formula is C26H38N6. The fourth-order valence-corrected chi connectivity index (χ4v) is 3.67. The van der Waals surface area contributed by atoms with Crippen LogP contribution in [0.5, 0.6) is 0 Å². The van der Waals surface area contributed by atoms with E-state index in [9.17, 15) is 0 Å². The van der Waals surface area contributed by atoms with Crippen molar-refractivity contribution in [2.24, 2.45) is 20.8 Å². The first-order valence-electron chi connectivity index (χ1n) is 11.7. The molecule has 2 aromatic heterocycles. The molecule has 2 heterocycles. The van der Waals surface area contributed by atoms with Gasteiger partial charge in [-0.15, -0.1) is 0 Å². The number of pyridine rings is 2. The summed E-state index contributed by atoms with van der Waals surface area (Å²) in [6.07, 6.45) is 8.04. The summed E-state index contributed by atoms with van der Waals surface area (Å²) in [7, 11) is 0. The first kappa shape index (κ1) is 23.9. The van der Waals surface area contributed by atoms with Gasteiger partial charge in [0.25, 0.3) is 0 Å². The van der Waals surface area contributed by atoms with Gasteiger partial charge in [-0.2, -0.15) is 0 Å². The van der Waals surface area contributed by atoms with Crippen LogP contribution in [0.2, 0.25) is 0 Å². The molecule has 0 amide bonds. The maximum Gasteiger partial charge on any atom is 0.131 e. The second-order valence-corrected chi connectivity index (χ2v) is 10.6. The van der Waals surface area contributed by atoms with E-state index in [1.807, 2.05) is 36.4 Å². The number of anilines is 2. The van der Waals surface area contributed by atoms with Gasteiger partial charge in [-0.25, -0.2) is 9.97 Å². The molecule has 3 rings (SSSR count). The molecule has 0 aliphatic heterocycles. The molecule has 1 fully saturated rings. The lowest BCUT2D eigenvalue weighted by Crippen LogP contribution is -2.37. The maximum atomic E-state index is 5.24. The van der Waals surface area contributed by atoms with Gasteiger partial charge in [-0.05, 0) is 37.1 Å². The Morgan fingerprint density at radius 2 is 1.12 bits per heavy atom. The molecule has 1 aliphatic carbocycles. The molecule has 0 bridgehead atoms. The minimum Gasteiger partial charge on any atom is -0.328 e. The molecule has 2 aromatic rings. The standard InChI is InChI=1S/C26H38N6/c1-25(2,3)23(31-21-15-9-11-17-27-21)29-19-13-7-8-14-20(19)30-24(26(4,5)6)32-22-16-10-12-18-28-22/h9-12,15-20H,7-8,13-14H2,1-6H3,(H,27,29,31)(H,28,30,32)/t19-,20-/m1/s1. The molecule has 6 nitrogen and oxygen atoms in total. The highest BCUT2D eigenvalue weighted by Crippen LogP contribution is 2.29. The van der Waals surface area contributed by atoms with Crippen LogP contribution in [0.4, 0.5) is 11.6 Å². The number of hydrogen-bond donors (Lipinski definition) is 2. The number of amidine groups is 2. The summed E-state index contributed by atoms with van der Waals surface area (Å²) >= 11 is 0. The second-order valence-electron chi connectivity index (χ2n) is 10.6. The van der Waals surface area contributed by atoms with E-state index in [0.717, 1.165) is 36.1 Å². The number of nitrogens with one attached hydrogen (secondary N) is 2. The Labute approximate surface area is 193 Å². The van der Waals surface area contributed by atoms with Gasteiger partial charge in [0.1, 0.15) is 23.3 Å². The van der Waals surface area contributed by atoms with E-state index in [0.29, 0.717) is 0 Å². The van der Waals surface area contributed by atoms with Gasteiger partial charge in [0, 0.05) is 23.2 Å². The number of rotatable bonds is 4. The SMILES string of the molecule is CC(C)(C)C(=N[C@@H]1CCCC[C@H]1N=C(Nc1ccccn1)C(C)(C)C)Nc1ccccn1. The minimum absolute atomic E-state index is 0.123. The van der Waals surface area contributed by atoms with Crippen LogP contribution >= 0.6 is 0 Å². The van der Waals surface area contributed by atoms with Gasteiger partial charge in [0.15, 0.2) is 0 Å². The Balaban J connectivity index is 1.91. The van der Waals surface area contributed by atoms with Crippen LogP contribution in [0.25, 0.3) is 0 Å². The number of aliphatic imine (C=N–C) groups is 2. The molecule has 2 N–H and O–H groups in total. The Morgan fingerprint density at radius 1 is 0.719 bits per heavy atom. The summed E-state index contributed by atoms with van der Waals surface area (Å²) in [5.41, 5.74) is -0.245. The number of aromatic nitrogens is 2. The van der Waals surface area contributed by atoms with Crippen molar-refractivity contribution < 1.29 is 0 Å². The van der Waals surface area contributed by atoms with Crippen LogP contribution in [0.3, 0.4) is 0 Å². The third kappa shape index (κ3) is 6.87. The Morgan fingerprint density at radius 3 is 1.44 bits per heavy atom. The predicted molar refractivity (Wildman–Crippen MR) is 136 cm³/mol. The van der Waals surface area contributed by atoms with Gasteiger partial charge >= 0.3 is 0 Å². The highest BCUT2D eigenvalue weighted by molar-refractivity contribution is 5.99. The molecule has 1 aliphatic rings. The topological polar surface area (TPSA) is 74.6 Å². The van der Waals surface area contributed by atoms with Crippen LogP contribution in [-0.2, 0) is 0 Å². The summed E-state index contributed by atoms with van der Waals surface area (Å²) in [4.78, 5) is 19.4. The first-order chi connectivity index (χ1) is 15.1. The lowest BCUT2D eigenvalue weighted by Gasteiger charge is -2.32. The van der Waals surface area contributed by atoms with E-state index in [1.54, 1.807) is 12.4 Å². The van der Waals surface area contributed by atoms with Crippen molar-refractivity contribution in [2.75, 3.05) is 10.6 Å². The smallest absolute Gasteiger partial charge is 0.131 e. The van der Waals surface area contributed by atoms with Gasteiger partial charge in [-0.3, -0.25) is 9.98 Å². The minimum atomic E-state index is -0.123. The summed E-state index contributed by atoms with van der Waals surface area (Å²) < 4.78 is 0. The average Bonchev–Trinajstić information content (AvgIpc) is 2.74. The van der Waals surface area contributed by atoms with Crippen molar-refractivity contribution in [1.82, 2.24) is 9.97 Å². The average molecular weight is 435 g/mol. The third-order valence-electron chi connectivity index (χ3n) is 5.53. The fraction of sp³-hybridized carbons (Fsp3) is 0.538. The number of nitrogens with zero attached hydrogens (tertiary/aromatic N) is 4. The monoisotopic (exact) mass is 434 g/mol. The Hall–Kier alpha value is -2.76. The van der Waals surface area contributed by atoms with Crippen LogP contribution in [0.1, 0.15) is 67.2 Å². The van der Waals surface area contributed by atoms with Crippen molar-refractivity contribution >= 4 is 23.3 Å². The zero-order chi connectivity index (χ0) is 23.2. The van der Waals surface area contributed by atoms with E-state index in [2.05, 4.69) is 62.1 Å². The second kappa shape index (κ2) is 10.2. The van der Waals surface area contributed by atoms with E-state index in [-0.39, 0.29) is 22.9 Å². The van der Waals surface area contributed by atoms with E-state index < -0.39 is 0 Å². The molecule has 6 heteroatoms. The van der Waals surface area contributed by atoms with Crippen molar-refractivity contribution in [3.05, 3.63) is 48.8 Å². The molecule has 0 radical (unpaired) electrons. The lowest BCUT2D eigenvalue weighted by molar-refractivity contribution is 0.382. The van der Waals surface area contributed by atoms with Crippen molar-refractivity contribution in [1.29, 1.82) is 0 Å². The van der Waals surface area contributed by atoms with E-state index in [1.165, 1.54) is 12.8 Å². The molecule has 0 spiro atoms. The lowest BCUT2D eigenvalue weighted by atomic mass is 9.88. The van der Waals surface area contributed by atoms with Gasteiger partial charge in [0.05, 0.1) is 12.1 Å². The van der Waals surface area contributed by atoms with Crippen LogP contribution in [0.15, 0.2) is 58.8 Å². The third-order valence-corrected chi connectivity index (χ3v) is 5.53. The summed E-state index contributed by atoms with van der Waals surface area (Å²) in [6, 6.07) is 12.1. The van der Waals surface area contributed by atoms with Crippen LogP contribution in [0, 0.1) is 10.8 Å². The summed E-state index contributed by atoms with van der Waals surface area (Å²) in [5, 5.41) is 6.95. The van der Waals surface area contributed by atoms with Gasteiger partial charge in [-0.1, -0.05) is 66.5 Å².